The molecule has 4 aromatic rings. The molecule has 9 heteroatoms. The number of benzene rings is 1. The van der Waals surface area contributed by atoms with E-state index in [9.17, 15) is 9.90 Å². The highest BCUT2D eigenvalue weighted by Gasteiger charge is 2.22. The molecule has 2 N–H and O–H groups in total. The fourth-order valence-corrected chi connectivity index (χ4v) is 5.04. The van der Waals surface area contributed by atoms with Crippen LogP contribution < -0.4 is 10.9 Å². The van der Waals surface area contributed by atoms with Crippen molar-refractivity contribution in [3.8, 4) is 5.82 Å². The first-order chi connectivity index (χ1) is 17.6. The summed E-state index contributed by atoms with van der Waals surface area (Å²) >= 11 is 0. The molecule has 186 valence electrons. The molecule has 0 atom stereocenters. The van der Waals surface area contributed by atoms with Crippen molar-refractivity contribution in [1.82, 2.24) is 29.2 Å². The van der Waals surface area contributed by atoms with Crippen LogP contribution in [0.3, 0.4) is 0 Å². The predicted octanol–water partition coefficient (Wildman–Crippen LogP) is 3.39. The maximum Gasteiger partial charge on any atom is 0.278 e. The average molecular weight is 486 g/mol. The Hall–Kier alpha value is -3.82. The van der Waals surface area contributed by atoms with Gasteiger partial charge in [0.05, 0.1) is 13.2 Å². The molecule has 0 amide bonds. The Morgan fingerprint density at radius 2 is 2.03 bits per heavy atom. The number of nitrogens with one attached hydrogen (secondary N) is 1. The molecule has 3 aromatic heterocycles. The van der Waals surface area contributed by atoms with Gasteiger partial charge in [-0.15, -0.1) is 6.58 Å². The first kappa shape index (κ1) is 23.9. The van der Waals surface area contributed by atoms with Crippen LogP contribution >= 0.6 is 0 Å². The smallest absolute Gasteiger partial charge is 0.278 e. The Morgan fingerprint density at radius 3 is 2.72 bits per heavy atom. The number of hydrogen-bond acceptors (Lipinski definition) is 7. The Morgan fingerprint density at radius 1 is 1.19 bits per heavy atom. The third kappa shape index (κ3) is 4.67. The molecule has 1 aliphatic rings. The molecule has 1 fully saturated rings. The van der Waals surface area contributed by atoms with E-state index in [0.717, 1.165) is 38.2 Å². The van der Waals surface area contributed by atoms with Gasteiger partial charge in [0.25, 0.3) is 5.56 Å². The van der Waals surface area contributed by atoms with Gasteiger partial charge in [0.2, 0.25) is 5.95 Å². The van der Waals surface area contributed by atoms with E-state index in [0.29, 0.717) is 35.3 Å². The minimum atomic E-state index is -0.188. The molecule has 5 rings (SSSR count). The second-order valence-electron chi connectivity index (χ2n) is 9.14. The van der Waals surface area contributed by atoms with Gasteiger partial charge in [0, 0.05) is 24.6 Å². The summed E-state index contributed by atoms with van der Waals surface area (Å²) < 4.78 is 3.27. The van der Waals surface area contributed by atoms with Gasteiger partial charge in [-0.05, 0) is 74.2 Å². The van der Waals surface area contributed by atoms with Gasteiger partial charge in [-0.3, -0.25) is 4.79 Å². The number of piperidine rings is 1. The number of pyridine rings is 1. The Kier molecular flexibility index (Phi) is 6.92. The zero-order valence-corrected chi connectivity index (χ0v) is 20.5. The van der Waals surface area contributed by atoms with Gasteiger partial charge in [-0.1, -0.05) is 18.2 Å². The molecule has 1 aromatic carbocycles. The number of aliphatic hydroxyl groups excluding tert-OH is 1. The summed E-state index contributed by atoms with van der Waals surface area (Å²) in [5.41, 5.74) is 3.79. The van der Waals surface area contributed by atoms with Crippen LogP contribution in [0.4, 0.5) is 11.6 Å². The number of aryl methyl sites for hydroxylation is 1. The summed E-state index contributed by atoms with van der Waals surface area (Å²) in [5.74, 6) is 1.53. The summed E-state index contributed by atoms with van der Waals surface area (Å²) in [6.45, 7) is 9.25. The first-order valence-corrected chi connectivity index (χ1v) is 12.3. The van der Waals surface area contributed by atoms with Crippen LogP contribution in [0.1, 0.15) is 29.9 Å². The number of anilines is 2. The normalized spacial score (nSPS) is 14.8. The Bertz CT molecular complexity index is 1420. The zero-order chi connectivity index (χ0) is 25.1. The van der Waals surface area contributed by atoms with Crippen molar-refractivity contribution in [2.24, 2.45) is 0 Å². The van der Waals surface area contributed by atoms with E-state index in [1.165, 1.54) is 11.1 Å². The minimum absolute atomic E-state index is 0.188. The lowest BCUT2D eigenvalue weighted by atomic mass is 9.86. The van der Waals surface area contributed by atoms with E-state index in [1.807, 2.05) is 18.2 Å². The summed E-state index contributed by atoms with van der Waals surface area (Å²) in [4.78, 5) is 28.9. The van der Waals surface area contributed by atoms with E-state index in [2.05, 4.69) is 51.9 Å². The molecular weight excluding hydrogens is 454 g/mol. The summed E-state index contributed by atoms with van der Waals surface area (Å²) in [7, 11) is 0. The number of aromatic nitrogens is 5. The number of rotatable bonds is 8. The van der Waals surface area contributed by atoms with Crippen LogP contribution in [0, 0.1) is 6.92 Å². The molecule has 9 nitrogen and oxygen atoms in total. The molecule has 36 heavy (non-hydrogen) atoms. The molecule has 0 aliphatic carbocycles. The summed E-state index contributed by atoms with van der Waals surface area (Å²) in [5, 5.41) is 12.9. The van der Waals surface area contributed by atoms with Crippen LogP contribution in [0.25, 0.3) is 16.9 Å². The number of β-amino-alcohol motifs (C(OH)–C–C–N with tert-alkyl or cyclic N) is 1. The van der Waals surface area contributed by atoms with Crippen molar-refractivity contribution < 1.29 is 5.11 Å². The van der Waals surface area contributed by atoms with Crippen LogP contribution in [-0.2, 0) is 6.54 Å². The monoisotopic (exact) mass is 485 g/mol. The number of hydrogen-bond donors (Lipinski definition) is 2. The molecule has 0 spiro atoms. The fraction of sp³-hybridized carbons (Fsp3) is 0.333. The molecule has 0 unspecified atom stereocenters. The van der Waals surface area contributed by atoms with Crippen LogP contribution in [0.5, 0.6) is 0 Å². The fourth-order valence-electron chi connectivity index (χ4n) is 5.04. The largest absolute Gasteiger partial charge is 0.395 e. The van der Waals surface area contributed by atoms with Gasteiger partial charge < -0.3 is 15.3 Å². The van der Waals surface area contributed by atoms with E-state index in [1.54, 1.807) is 27.8 Å². The van der Waals surface area contributed by atoms with Crippen molar-refractivity contribution in [3.63, 3.8) is 0 Å². The predicted molar refractivity (Wildman–Crippen MR) is 141 cm³/mol. The lowest BCUT2D eigenvalue weighted by molar-refractivity contribution is 0.164. The zero-order valence-electron chi connectivity index (χ0n) is 20.5. The highest BCUT2D eigenvalue weighted by molar-refractivity contribution is 5.77. The number of nitrogens with zero attached hydrogens (tertiary/aromatic N) is 6. The van der Waals surface area contributed by atoms with Crippen molar-refractivity contribution in [2.45, 2.75) is 32.2 Å². The van der Waals surface area contributed by atoms with Crippen molar-refractivity contribution in [1.29, 1.82) is 0 Å². The van der Waals surface area contributed by atoms with Crippen LogP contribution in [0.2, 0.25) is 0 Å². The third-order valence-corrected chi connectivity index (χ3v) is 6.81. The Balaban J connectivity index is 1.42. The molecule has 0 bridgehead atoms. The topological polar surface area (TPSA) is 101 Å². The maximum atomic E-state index is 13.0. The summed E-state index contributed by atoms with van der Waals surface area (Å²) in [6.07, 6.45) is 7.12. The molecule has 0 saturated carbocycles. The van der Waals surface area contributed by atoms with E-state index in [4.69, 9.17) is 4.98 Å². The van der Waals surface area contributed by atoms with Crippen LogP contribution in [0.15, 0.2) is 66.2 Å². The van der Waals surface area contributed by atoms with Crippen molar-refractivity contribution in [2.75, 3.05) is 31.6 Å². The lowest BCUT2D eigenvalue weighted by Crippen LogP contribution is -2.35. The lowest BCUT2D eigenvalue weighted by Gasteiger charge is -2.32. The first-order valence-electron chi connectivity index (χ1n) is 12.3. The highest BCUT2D eigenvalue weighted by atomic mass is 16.3. The van der Waals surface area contributed by atoms with E-state index < -0.39 is 0 Å². The quantitative estimate of drug-likeness (QED) is 0.369. The van der Waals surface area contributed by atoms with Gasteiger partial charge >= 0.3 is 0 Å². The highest BCUT2D eigenvalue weighted by Crippen LogP contribution is 2.32. The third-order valence-electron chi connectivity index (χ3n) is 6.81. The number of aliphatic hydroxyl groups is 1. The molecule has 0 radical (unpaired) electrons. The standard InChI is InChI=1S/C27H31N7O2/c1-3-12-33-26(36)23-18-29-27(31-25(23)34(33)24-6-4-5-11-28-24)30-21-7-8-22(19(2)17-21)20-9-13-32(14-10-20)15-16-35/h3-8,11,17-18,20,35H,1,9-10,12-16H2,2H3,(H,29,30,31). The average Bonchev–Trinajstić information content (AvgIpc) is 3.16. The van der Waals surface area contributed by atoms with Gasteiger partial charge in [0.15, 0.2) is 11.5 Å². The number of fused-ring (bicyclic) bond motifs is 1. The van der Waals surface area contributed by atoms with Crippen molar-refractivity contribution in [3.05, 3.63) is 82.9 Å². The molecule has 4 heterocycles. The van der Waals surface area contributed by atoms with Crippen molar-refractivity contribution >= 4 is 22.7 Å². The Labute approximate surface area is 209 Å². The number of allylic oxidation sites excluding steroid dienone is 1. The second-order valence-corrected chi connectivity index (χ2v) is 9.14. The second kappa shape index (κ2) is 10.4. The molecular formula is C27H31N7O2. The summed E-state index contributed by atoms with van der Waals surface area (Å²) in [6, 6.07) is 11.9. The van der Waals surface area contributed by atoms with Crippen LogP contribution in [-0.4, -0.2) is 60.6 Å². The number of likely N-dealkylation sites (tertiary alicyclic amines) is 1. The van der Waals surface area contributed by atoms with Gasteiger partial charge in [-0.2, -0.15) is 4.98 Å². The van der Waals surface area contributed by atoms with E-state index in [-0.39, 0.29) is 12.2 Å². The molecule has 1 saturated heterocycles. The van der Waals surface area contributed by atoms with E-state index >= 15 is 0 Å². The van der Waals surface area contributed by atoms with Gasteiger partial charge in [0.1, 0.15) is 5.39 Å². The molecule has 1 aliphatic heterocycles. The minimum Gasteiger partial charge on any atom is -0.395 e. The van der Waals surface area contributed by atoms with Gasteiger partial charge in [-0.25, -0.2) is 19.3 Å². The SMILES string of the molecule is C=CCn1c(=O)c2cnc(Nc3ccc(C4CCN(CCO)CC4)c(C)c3)nc2n1-c1ccccn1. The maximum absolute atomic E-state index is 13.0.